The lowest BCUT2D eigenvalue weighted by molar-refractivity contribution is 0.0196. The van der Waals surface area contributed by atoms with Crippen LogP contribution in [0.3, 0.4) is 0 Å². The van der Waals surface area contributed by atoms with Crippen molar-refractivity contribution in [3.63, 3.8) is 0 Å². The second-order valence-corrected chi connectivity index (χ2v) is 4.80. The van der Waals surface area contributed by atoms with E-state index in [2.05, 4.69) is 0 Å². The standard InChI is InChI=1S/C8H16O2S2/c1-3-9-7-8(10-4-2)12-6-5-11-7/h7-8H,3-6H2,1-2H3. The fourth-order valence-corrected chi connectivity index (χ4v) is 3.71. The summed E-state index contributed by atoms with van der Waals surface area (Å²) in [5, 5.41) is 0. The molecule has 12 heavy (non-hydrogen) atoms. The molecule has 1 fully saturated rings. The molecule has 72 valence electrons. The zero-order chi connectivity index (χ0) is 8.81. The summed E-state index contributed by atoms with van der Waals surface area (Å²) in [6.45, 7) is 5.62. The van der Waals surface area contributed by atoms with Gasteiger partial charge in [-0.05, 0) is 13.8 Å². The summed E-state index contributed by atoms with van der Waals surface area (Å²) in [6, 6.07) is 0. The Kier molecular flexibility index (Phi) is 5.47. The Morgan fingerprint density at radius 3 is 1.75 bits per heavy atom. The molecule has 0 spiro atoms. The van der Waals surface area contributed by atoms with Crippen molar-refractivity contribution in [1.29, 1.82) is 0 Å². The molecular weight excluding hydrogens is 192 g/mol. The lowest BCUT2D eigenvalue weighted by Crippen LogP contribution is -2.30. The minimum Gasteiger partial charge on any atom is -0.364 e. The molecule has 1 aliphatic heterocycles. The first-order valence-electron chi connectivity index (χ1n) is 4.35. The molecule has 0 aliphatic carbocycles. The van der Waals surface area contributed by atoms with Crippen molar-refractivity contribution >= 4 is 23.5 Å². The van der Waals surface area contributed by atoms with E-state index in [0.717, 1.165) is 13.2 Å². The average molecular weight is 208 g/mol. The topological polar surface area (TPSA) is 18.5 Å². The van der Waals surface area contributed by atoms with Crippen molar-refractivity contribution in [3.05, 3.63) is 0 Å². The van der Waals surface area contributed by atoms with Crippen molar-refractivity contribution in [2.75, 3.05) is 24.7 Å². The van der Waals surface area contributed by atoms with Crippen LogP contribution in [0.2, 0.25) is 0 Å². The van der Waals surface area contributed by atoms with Gasteiger partial charge in [-0.15, -0.1) is 23.5 Å². The summed E-state index contributed by atoms with van der Waals surface area (Å²) in [7, 11) is 0. The summed E-state index contributed by atoms with van der Waals surface area (Å²) < 4.78 is 11.1. The third-order valence-corrected chi connectivity index (χ3v) is 4.27. The van der Waals surface area contributed by atoms with E-state index in [1.807, 2.05) is 37.4 Å². The van der Waals surface area contributed by atoms with Gasteiger partial charge in [-0.25, -0.2) is 0 Å². The zero-order valence-electron chi connectivity index (χ0n) is 7.62. The summed E-state index contributed by atoms with van der Waals surface area (Å²) in [6.07, 6.45) is 0. The van der Waals surface area contributed by atoms with Gasteiger partial charge in [0.05, 0.1) is 0 Å². The van der Waals surface area contributed by atoms with E-state index in [-0.39, 0.29) is 10.9 Å². The van der Waals surface area contributed by atoms with Gasteiger partial charge < -0.3 is 9.47 Å². The second kappa shape index (κ2) is 6.13. The molecule has 2 atom stereocenters. The number of thioether (sulfide) groups is 2. The molecular formula is C8H16O2S2. The molecule has 0 aromatic heterocycles. The molecule has 1 heterocycles. The predicted molar refractivity (Wildman–Crippen MR) is 55.7 cm³/mol. The van der Waals surface area contributed by atoms with Crippen LogP contribution < -0.4 is 0 Å². The Hall–Kier alpha value is 0.620. The Balaban J connectivity index is 2.31. The molecule has 4 heteroatoms. The molecule has 1 aliphatic rings. The van der Waals surface area contributed by atoms with Gasteiger partial charge in [-0.2, -0.15) is 0 Å². The number of rotatable bonds is 4. The highest BCUT2D eigenvalue weighted by molar-refractivity contribution is 8.06. The van der Waals surface area contributed by atoms with E-state index >= 15 is 0 Å². The highest BCUT2D eigenvalue weighted by Gasteiger charge is 2.26. The molecule has 2 unspecified atom stereocenters. The molecule has 0 aromatic rings. The normalized spacial score (nSPS) is 30.5. The first kappa shape index (κ1) is 10.7. The second-order valence-electron chi connectivity index (χ2n) is 2.39. The van der Waals surface area contributed by atoms with Gasteiger partial charge in [-0.3, -0.25) is 0 Å². The third kappa shape index (κ3) is 3.17. The smallest absolute Gasteiger partial charge is 0.138 e. The summed E-state index contributed by atoms with van der Waals surface area (Å²) in [5.74, 6) is 2.36. The van der Waals surface area contributed by atoms with E-state index in [1.54, 1.807) is 0 Å². The van der Waals surface area contributed by atoms with Crippen LogP contribution in [0.15, 0.2) is 0 Å². The Morgan fingerprint density at radius 1 is 1.00 bits per heavy atom. The SMILES string of the molecule is CCOC1SCCSC1OCC. The molecule has 1 rings (SSSR count). The molecule has 0 saturated carbocycles. The van der Waals surface area contributed by atoms with E-state index < -0.39 is 0 Å². The van der Waals surface area contributed by atoms with Crippen LogP contribution in [0.4, 0.5) is 0 Å². The molecule has 0 aromatic carbocycles. The van der Waals surface area contributed by atoms with Gasteiger partial charge in [-0.1, -0.05) is 0 Å². The van der Waals surface area contributed by atoms with Gasteiger partial charge in [0.2, 0.25) is 0 Å². The quantitative estimate of drug-likeness (QED) is 0.704. The maximum Gasteiger partial charge on any atom is 0.138 e. The zero-order valence-corrected chi connectivity index (χ0v) is 9.25. The number of ether oxygens (including phenoxy) is 2. The summed E-state index contributed by atoms with van der Waals surface area (Å²) >= 11 is 3.74. The van der Waals surface area contributed by atoms with Crippen molar-refractivity contribution in [2.24, 2.45) is 0 Å². The van der Waals surface area contributed by atoms with E-state index in [0.29, 0.717) is 0 Å². The lowest BCUT2D eigenvalue weighted by Gasteiger charge is -2.29. The van der Waals surface area contributed by atoms with Crippen LogP contribution in [0.5, 0.6) is 0 Å². The highest BCUT2D eigenvalue weighted by atomic mass is 32.2. The Bertz CT molecular complexity index is 104. The minimum absolute atomic E-state index is 0.244. The van der Waals surface area contributed by atoms with E-state index in [1.165, 1.54) is 11.5 Å². The van der Waals surface area contributed by atoms with Crippen LogP contribution in [0.25, 0.3) is 0 Å². The van der Waals surface area contributed by atoms with Gasteiger partial charge in [0, 0.05) is 24.7 Å². The molecule has 0 bridgehead atoms. The van der Waals surface area contributed by atoms with Crippen molar-refractivity contribution < 1.29 is 9.47 Å². The molecule has 0 radical (unpaired) electrons. The maximum atomic E-state index is 5.57. The highest BCUT2D eigenvalue weighted by Crippen LogP contribution is 2.32. The summed E-state index contributed by atoms with van der Waals surface area (Å²) in [5.41, 5.74) is 0.488. The van der Waals surface area contributed by atoms with E-state index in [4.69, 9.17) is 9.47 Å². The van der Waals surface area contributed by atoms with Crippen molar-refractivity contribution in [2.45, 2.75) is 24.7 Å². The van der Waals surface area contributed by atoms with Gasteiger partial charge >= 0.3 is 0 Å². The molecule has 2 nitrogen and oxygen atoms in total. The van der Waals surface area contributed by atoms with Crippen LogP contribution >= 0.6 is 23.5 Å². The van der Waals surface area contributed by atoms with Gasteiger partial charge in [0.25, 0.3) is 0 Å². The first-order valence-corrected chi connectivity index (χ1v) is 6.44. The van der Waals surface area contributed by atoms with Crippen LogP contribution in [-0.2, 0) is 9.47 Å². The van der Waals surface area contributed by atoms with Crippen molar-refractivity contribution in [3.8, 4) is 0 Å². The Morgan fingerprint density at radius 2 is 1.42 bits per heavy atom. The van der Waals surface area contributed by atoms with Gasteiger partial charge in [0.15, 0.2) is 0 Å². The number of hydrogen-bond donors (Lipinski definition) is 0. The number of hydrogen-bond acceptors (Lipinski definition) is 4. The monoisotopic (exact) mass is 208 g/mol. The maximum absolute atomic E-state index is 5.57. The van der Waals surface area contributed by atoms with Gasteiger partial charge in [0.1, 0.15) is 10.9 Å². The summed E-state index contributed by atoms with van der Waals surface area (Å²) in [4.78, 5) is 0. The van der Waals surface area contributed by atoms with Crippen LogP contribution in [0.1, 0.15) is 13.8 Å². The fraction of sp³-hybridized carbons (Fsp3) is 1.00. The van der Waals surface area contributed by atoms with Crippen LogP contribution in [-0.4, -0.2) is 35.6 Å². The average Bonchev–Trinajstić information content (AvgIpc) is 2.09. The third-order valence-electron chi connectivity index (χ3n) is 1.53. The fourth-order valence-electron chi connectivity index (χ4n) is 1.07. The molecule has 0 N–H and O–H groups in total. The van der Waals surface area contributed by atoms with E-state index in [9.17, 15) is 0 Å². The Labute approximate surface area is 82.8 Å². The first-order chi connectivity index (χ1) is 5.88. The predicted octanol–water partition coefficient (Wildman–Crippen LogP) is 2.19. The van der Waals surface area contributed by atoms with Crippen molar-refractivity contribution in [1.82, 2.24) is 0 Å². The minimum atomic E-state index is 0.244. The largest absolute Gasteiger partial charge is 0.364 e. The lowest BCUT2D eigenvalue weighted by atomic mass is 10.7. The molecule has 0 amide bonds. The van der Waals surface area contributed by atoms with Crippen LogP contribution in [0, 0.1) is 0 Å². The molecule has 1 saturated heterocycles.